The number of hydrogen-bond acceptors (Lipinski definition) is 4. The van der Waals surface area contributed by atoms with E-state index in [4.69, 9.17) is 4.74 Å². The average molecular weight is 297 g/mol. The van der Waals surface area contributed by atoms with Crippen LogP contribution in [0, 0.1) is 0 Å². The van der Waals surface area contributed by atoms with Gasteiger partial charge in [0.15, 0.2) is 0 Å². The molecule has 122 valence electrons. The lowest BCUT2D eigenvalue weighted by Crippen LogP contribution is -2.51. The highest BCUT2D eigenvalue weighted by Gasteiger charge is 2.36. The van der Waals surface area contributed by atoms with Gasteiger partial charge in [-0.3, -0.25) is 9.69 Å². The molecule has 0 aromatic heterocycles. The lowest BCUT2D eigenvalue weighted by molar-refractivity contribution is -0.136. The summed E-state index contributed by atoms with van der Waals surface area (Å²) in [5.74, 6) is 0.276. The number of amides is 1. The van der Waals surface area contributed by atoms with Crippen LogP contribution in [0.5, 0.6) is 0 Å². The first kappa shape index (κ1) is 16.7. The summed E-state index contributed by atoms with van der Waals surface area (Å²) in [7, 11) is 1.91. The Hall–Kier alpha value is -0.650. The van der Waals surface area contributed by atoms with E-state index in [9.17, 15) is 4.79 Å². The molecule has 0 saturated carbocycles. The van der Waals surface area contributed by atoms with Gasteiger partial charge in [-0.25, -0.2) is 0 Å². The van der Waals surface area contributed by atoms with Crippen molar-refractivity contribution in [1.29, 1.82) is 0 Å². The van der Waals surface area contributed by atoms with E-state index in [1.807, 2.05) is 25.8 Å². The average Bonchev–Trinajstić information content (AvgIpc) is 2.96. The van der Waals surface area contributed by atoms with Crippen molar-refractivity contribution in [3.8, 4) is 0 Å². The molecule has 5 heteroatoms. The minimum Gasteiger partial charge on any atom is -0.377 e. The van der Waals surface area contributed by atoms with E-state index in [1.165, 1.54) is 12.8 Å². The number of carbonyl (C=O) groups excluding carboxylic acids is 1. The first-order valence-electron chi connectivity index (χ1n) is 8.42. The number of nitrogens with zero attached hydrogens (tertiary/aromatic N) is 2. The molecule has 2 heterocycles. The standard InChI is InChI=1S/C16H31N3O2/c1-13(2)21-12-11-18(3)16(20)15-5-4-10-19(15)14-6-8-17-9-7-14/h13-15,17H,4-12H2,1-3H3. The summed E-state index contributed by atoms with van der Waals surface area (Å²) in [5, 5.41) is 3.40. The highest BCUT2D eigenvalue weighted by Crippen LogP contribution is 2.25. The summed E-state index contributed by atoms with van der Waals surface area (Å²) in [5.41, 5.74) is 0. The Morgan fingerprint density at radius 1 is 1.33 bits per heavy atom. The van der Waals surface area contributed by atoms with E-state index in [1.54, 1.807) is 0 Å². The normalized spacial score (nSPS) is 24.7. The second kappa shape index (κ2) is 8.11. The van der Waals surface area contributed by atoms with Gasteiger partial charge in [-0.2, -0.15) is 0 Å². The Kier molecular flexibility index (Phi) is 6.45. The second-order valence-electron chi connectivity index (χ2n) is 6.56. The third-order valence-electron chi connectivity index (χ3n) is 4.61. The lowest BCUT2D eigenvalue weighted by Gasteiger charge is -2.36. The molecular weight excluding hydrogens is 266 g/mol. The molecule has 1 N–H and O–H groups in total. The summed E-state index contributed by atoms with van der Waals surface area (Å²) >= 11 is 0. The van der Waals surface area contributed by atoms with E-state index in [2.05, 4.69) is 10.2 Å². The van der Waals surface area contributed by atoms with Crippen molar-refractivity contribution in [2.24, 2.45) is 0 Å². The number of piperidine rings is 1. The van der Waals surface area contributed by atoms with Crippen molar-refractivity contribution >= 4 is 5.91 Å². The van der Waals surface area contributed by atoms with Crippen molar-refractivity contribution in [3.63, 3.8) is 0 Å². The Morgan fingerprint density at radius 3 is 2.71 bits per heavy atom. The molecule has 0 aliphatic carbocycles. The highest BCUT2D eigenvalue weighted by atomic mass is 16.5. The van der Waals surface area contributed by atoms with E-state index >= 15 is 0 Å². The van der Waals surface area contributed by atoms with Crippen LogP contribution in [0.4, 0.5) is 0 Å². The molecule has 2 aliphatic rings. The van der Waals surface area contributed by atoms with Crippen molar-refractivity contribution in [1.82, 2.24) is 15.1 Å². The Labute approximate surface area is 129 Å². The number of carbonyl (C=O) groups is 1. The smallest absolute Gasteiger partial charge is 0.239 e. The molecule has 1 amide bonds. The third-order valence-corrected chi connectivity index (χ3v) is 4.61. The van der Waals surface area contributed by atoms with E-state index in [0.29, 0.717) is 19.2 Å². The van der Waals surface area contributed by atoms with Crippen LogP contribution in [-0.4, -0.2) is 73.7 Å². The van der Waals surface area contributed by atoms with Crippen LogP contribution in [-0.2, 0) is 9.53 Å². The van der Waals surface area contributed by atoms with Gasteiger partial charge in [0.25, 0.3) is 0 Å². The van der Waals surface area contributed by atoms with E-state index < -0.39 is 0 Å². The number of likely N-dealkylation sites (tertiary alicyclic amines) is 1. The molecular formula is C16H31N3O2. The monoisotopic (exact) mass is 297 g/mol. The van der Waals surface area contributed by atoms with Crippen molar-refractivity contribution in [2.45, 2.75) is 57.7 Å². The van der Waals surface area contributed by atoms with Crippen LogP contribution in [0.1, 0.15) is 39.5 Å². The molecule has 5 nitrogen and oxygen atoms in total. The van der Waals surface area contributed by atoms with Crippen LogP contribution in [0.25, 0.3) is 0 Å². The Balaban J connectivity index is 1.84. The van der Waals surface area contributed by atoms with Crippen LogP contribution in [0.3, 0.4) is 0 Å². The summed E-state index contributed by atoms with van der Waals surface area (Å²) in [6.07, 6.45) is 4.73. The molecule has 1 unspecified atom stereocenters. The molecule has 1 atom stereocenters. The molecule has 2 saturated heterocycles. The number of ether oxygens (including phenoxy) is 1. The topological polar surface area (TPSA) is 44.8 Å². The minimum absolute atomic E-state index is 0.0946. The van der Waals surface area contributed by atoms with Gasteiger partial charge in [-0.05, 0) is 59.2 Å². The van der Waals surface area contributed by atoms with E-state index in [0.717, 1.165) is 32.5 Å². The zero-order chi connectivity index (χ0) is 15.2. The summed E-state index contributed by atoms with van der Waals surface area (Å²) < 4.78 is 5.55. The Morgan fingerprint density at radius 2 is 2.05 bits per heavy atom. The molecule has 2 rings (SSSR count). The number of hydrogen-bond donors (Lipinski definition) is 1. The quantitative estimate of drug-likeness (QED) is 0.797. The van der Waals surface area contributed by atoms with Crippen LogP contribution in [0.2, 0.25) is 0 Å². The van der Waals surface area contributed by atoms with Gasteiger partial charge >= 0.3 is 0 Å². The van der Waals surface area contributed by atoms with Gasteiger partial charge in [-0.15, -0.1) is 0 Å². The Bertz CT molecular complexity index is 329. The largest absolute Gasteiger partial charge is 0.377 e. The molecule has 0 spiro atoms. The van der Waals surface area contributed by atoms with Gasteiger partial charge in [0.05, 0.1) is 18.8 Å². The second-order valence-corrected chi connectivity index (χ2v) is 6.56. The van der Waals surface area contributed by atoms with Crippen LogP contribution < -0.4 is 5.32 Å². The molecule has 0 aromatic rings. The minimum atomic E-state index is 0.0946. The third kappa shape index (κ3) is 4.66. The van der Waals surface area contributed by atoms with Crippen LogP contribution in [0.15, 0.2) is 0 Å². The first-order chi connectivity index (χ1) is 10.1. The first-order valence-corrected chi connectivity index (χ1v) is 8.42. The fourth-order valence-electron chi connectivity index (χ4n) is 3.42. The zero-order valence-corrected chi connectivity index (χ0v) is 13.8. The fourth-order valence-corrected chi connectivity index (χ4v) is 3.42. The zero-order valence-electron chi connectivity index (χ0n) is 13.8. The summed E-state index contributed by atoms with van der Waals surface area (Å²) in [4.78, 5) is 17.0. The number of rotatable bonds is 6. The molecule has 0 radical (unpaired) electrons. The molecule has 0 bridgehead atoms. The maximum atomic E-state index is 12.7. The fraction of sp³-hybridized carbons (Fsp3) is 0.938. The van der Waals surface area contributed by atoms with Crippen LogP contribution >= 0.6 is 0 Å². The van der Waals surface area contributed by atoms with E-state index in [-0.39, 0.29) is 18.1 Å². The number of nitrogens with one attached hydrogen (secondary N) is 1. The van der Waals surface area contributed by atoms with Crippen molar-refractivity contribution < 1.29 is 9.53 Å². The summed E-state index contributed by atoms with van der Waals surface area (Å²) in [6, 6.07) is 0.681. The summed E-state index contributed by atoms with van der Waals surface area (Å²) in [6.45, 7) is 8.61. The van der Waals surface area contributed by atoms with Crippen molar-refractivity contribution in [3.05, 3.63) is 0 Å². The molecule has 2 fully saturated rings. The maximum Gasteiger partial charge on any atom is 0.239 e. The van der Waals surface area contributed by atoms with Gasteiger partial charge in [0.1, 0.15) is 0 Å². The van der Waals surface area contributed by atoms with Gasteiger partial charge in [0.2, 0.25) is 5.91 Å². The molecule has 0 aromatic carbocycles. The molecule has 2 aliphatic heterocycles. The van der Waals surface area contributed by atoms with Gasteiger partial charge in [-0.1, -0.05) is 0 Å². The SMILES string of the molecule is CC(C)OCCN(C)C(=O)C1CCCN1C1CCNCC1. The predicted octanol–water partition coefficient (Wildman–Crippen LogP) is 1.09. The predicted molar refractivity (Wildman–Crippen MR) is 84.3 cm³/mol. The molecule has 21 heavy (non-hydrogen) atoms. The van der Waals surface area contributed by atoms with Crippen molar-refractivity contribution in [2.75, 3.05) is 39.8 Å². The van der Waals surface area contributed by atoms with Gasteiger partial charge < -0.3 is 15.0 Å². The van der Waals surface area contributed by atoms with Gasteiger partial charge in [0, 0.05) is 19.6 Å². The lowest BCUT2D eigenvalue weighted by atomic mass is 10.0. The number of likely N-dealkylation sites (N-methyl/N-ethyl adjacent to an activating group) is 1. The highest BCUT2D eigenvalue weighted by molar-refractivity contribution is 5.82. The maximum absolute atomic E-state index is 12.7.